The van der Waals surface area contributed by atoms with E-state index in [0.29, 0.717) is 37.5 Å². The second kappa shape index (κ2) is 13.1. The molecule has 1 heterocycles. The molecule has 3 saturated carbocycles. The Bertz CT molecular complexity index is 1850. The highest BCUT2D eigenvalue weighted by Gasteiger charge is 2.62. The quantitative estimate of drug-likeness (QED) is 0.372. The molecule has 2 aromatic carbocycles. The number of nitrogens with zero attached hydrogens (tertiary/aromatic N) is 2. The molecule has 5 aliphatic rings. The first-order valence-electron chi connectivity index (χ1n) is 17.1. The van der Waals surface area contributed by atoms with Crippen LogP contribution in [0.4, 0.5) is 0 Å². The van der Waals surface area contributed by atoms with Gasteiger partial charge in [-0.2, -0.15) is 0 Å². The fourth-order valence-electron chi connectivity index (χ4n) is 7.34. The van der Waals surface area contributed by atoms with E-state index in [0.717, 1.165) is 41.5 Å². The van der Waals surface area contributed by atoms with E-state index in [9.17, 15) is 22.8 Å². The van der Waals surface area contributed by atoms with Crippen LogP contribution >= 0.6 is 0 Å². The fraction of sp³-hybridized carbons (Fsp3) is 0.459. The van der Waals surface area contributed by atoms with Crippen LogP contribution in [0.15, 0.2) is 72.4 Å². The van der Waals surface area contributed by atoms with Crippen LogP contribution in [-0.2, 0) is 29.2 Å². The van der Waals surface area contributed by atoms with E-state index in [2.05, 4.69) is 27.8 Å². The highest BCUT2D eigenvalue weighted by Crippen LogP contribution is 2.47. The summed E-state index contributed by atoms with van der Waals surface area (Å²) in [7, 11) is -2.08. The van der Waals surface area contributed by atoms with Crippen molar-refractivity contribution in [2.24, 2.45) is 22.9 Å². The monoisotopic (exact) mass is 686 g/mol. The summed E-state index contributed by atoms with van der Waals surface area (Å²) in [6.07, 6.45) is 9.28. The Balaban J connectivity index is 1.17. The van der Waals surface area contributed by atoms with Crippen molar-refractivity contribution in [1.82, 2.24) is 14.9 Å². The maximum absolute atomic E-state index is 14.1. The summed E-state index contributed by atoms with van der Waals surface area (Å²) in [5, 5.41) is 6.93. The van der Waals surface area contributed by atoms with Crippen molar-refractivity contribution in [1.29, 1.82) is 0 Å². The average molecular weight is 687 g/mol. The third-order valence-electron chi connectivity index (χ3n) is 10.4. The molecular formula is C37H42N4O7S. The SMILES string of the molecule is C=C[C@H]1C[C@]1(NC(=O)[C@@H]1C[C@@H]2C[C@H]1C(=O)N(C)CCCC/C=C/COc1ccc3c(c1)/C(=N\O2)c1ccccc1-3)C(=O)NS(=O)(=O)C1CC1. The zero-order valence-electron chi connectivity index (χ0n) is 27.6. The minimum atomic E-state index is -3.82. The number of allylic oxidation sites excluding steroid dienone is 1. The molecule has 7 rings (SSSR count). The topological polar surface area (TPSA) is 143 Å². The van der Waals surface area contributed by atoms with Crippen LogP contribution in [-0.4, -0.2) is 73.8 Å². The van der Waals surface area contributed by atoms with Crippen LogP contribution in [0.25, 0.3) is 11.1 Å². The van der Waals surface area contributed by atoms with Crippen molar-refractivity contribution in [3.8, 4) is 16.9 Å². The Hall–Kier alpha value is -4.45. The molecule has 0 saturated heterocycles. The predicted molar refractivity (Wildman–Crippen MR) is 184 cm³/mol. The van der Waals surface area contributed by atoms with Gasteiger partial charge in [-0.05, 0) is 80.7 Å². The lowest BCUT2D eigenvalue weighted by Crippen LogP contribution is -2.54. The predicted octanol–water partition coefficient (Wildman–Crippen LogP) is 4.08. The molecule has 0 aromatic heterocycles. The number of ether oxygens (including phenoxy) is 1. The van der Waals surface area contributed by atoms with Gasteiger partial charge in [0.25, 0.3) is 5.91 Å². The molecule has 49 heavy (non-hydrogen) atoms. The first kappa shape index (κ1) is 33.1. The summed E-state index contributed by atoms with van der Waals surface area (Å²) in [6.45, 7) is 4.75. The first-order valence-corrected chi connectivity index (χ1v) is 18.7. The summed E-state index contributed by atoms with van der Waals surface area (Å²) in [5.41, 5.74) is 3.04. The van der Waals surface area contributed by atoms with Crippen molar-refractivity contribution >= 4 is 33.5 Å². The Morgan fingerprint density at radius 2 is 1.82 bits per heavy atom. The van der Waals surface area contributed by atoms with Crippen molar-refractivity contribution in [3.05, 3.63) is 78.4 Å². The van der Waals surface area contributed by atoms with E-state index in [1.807, 2.05) is 48.5 Å². The first-order chi connectivity index (χ1) is 23.6. The van der Waals surface area contributed by atoms with E-state index in [1.165, 1.54) is 0 Å². The van der Waals surface area contributed by atoms with Gasteiger partial charge in [0.1, 0.15) is 29.7 Å². The molecule has 5 atom stereocenters. The molecule has 258 valence electrons. The van der Waals surface area contributed by atoms with Crippen LogP contribution in [0.1, 0.15) is 62.5 Å². The Morgan fingerprint density at radius 1 is 1.04 bits per heavy atom. The van der Waals surface area contributed by atoms with Gasteiger partial charge in [-0.25, -0.2) is 8.42 Å². The van der Waals surface area contributed by atoms with Crippen LogP contribution in [0, 0.1) is 17.8 Å². The lowest BCUT2D eigenvalue weighted by atomic mass is 9.93. The summed E-state index contributed by atoms with van der Waals surface area (Å²) in [6, 6.07) is 13.9. The van der Waals surface area contributed by atoms with Gasteiger partial charge in [-0.1, -0.05) is 47.6 Å². The third kappa shape index (κ3) is 6.50. The lowest BCUT2D eigenvalue weighted by Gasteiger charge is -2.26. The zero-order chi connectivity index (χ0) is 34.3. The third-order valence-corrected chi connectivity index (χ3v) is 12.3. The van der Waals surface area contributed by atoms with Gasteiger partial charge in [0, 0.05) is 30.6 Å². The minimum absolute atomic E-state index is 0.173. The molecule has 2 aromatic rings. The van der Waals surface area contributed by atoms with Crippen LogP contribution in [0.5, 0.6) is 5.75 Å². The van der Waals surface area contributed by atoms with Gasteiger partial charge in [0.15, 0.2) is 0 Å². The number of carbonyl (C=O) groups is 3. The number of carbonyl (C=O) groups excluding carboxylic acids is 3. The Kier molecular flexibility index (Phi) is 8.85. The van der Waals surface area contributed by atoms with E-state index >= 15 is 0 Å². The summed E-state index contributed by atoms with van der Waals surface area (Å²) < 4.78 is 33.5. The van der Waals surface area contributed by atoms with Gasteiger partial charge < -0.3 is 19.8 Å². The number of nitrogens with one attached hydrogen (secondary N) is 2. The van der Waals surface area contributed by atoms with Gasteiger partial charge in [-0.15, -0.1) is 6.58 Å². The Labute approximate surface area is 286 Å². The number of hydrogen-bond acceptors (Lipinski definition) is 8. The molecule has 0 unspecified atom stereocenters. The van der Waals surface area contributed by atoms with E-state index < -0.39 is 56.5 Å². The molecule has 4 aliphatic carbocycles. The summed E-state index contributed by atoms with van der Waals surface area (Å²) >= 11 is 0. The number of amides is 3. The molecule has 3 fully saturated rings. The highest BCUT2D eigenvalue weighted by atomic mass is 32.2. The minimum Gasteiger partial charge on any atom is -0.490 e. The number of oxime groups is 1. The van der Waals surface area contributed by atoms with Gasteiger partial charge >= 0.3 is 0 Å². The van der Waals surface area contributed by atoms with Crippen LogP contribution in [0.3, 0.4) is 0 Å². The van der Waals surface area contributed by atoms with Gasteiger partial charge in [-0.3, -0.25) is 19.1 Å². The number of sulfonamides is 1. The molecule has 3 amide bonds. The summed E-state index contributed by atoms with van der Waals surface area (Å²) in [4.78, 5) is 49.2. The molecule has 4 bridgehead atoms. The Morgan fingerprint density at radius 3 is 2.57 bits per heavy atom. The van der Waals surface area contributed by atoms with Crippen molar-refractivity contribution < 1.29 is 32.4 Å². The smallest absolute Gasteiger partial charge is 0.259 e. The van der Waals surface area contributed by atoms with Crippen LogP contribution in [0.2, 0.25) is 0 Å². The molecule has 1 aliphatic heterocycles. The second-order valence-corrected chi connectivity index (χ2v) is 15.8. The standard InChI is InChI=1S/C37H42N4O7S/c1-3-23-22-37(23,36(44)40-49(45,46)26-14-15-26)38-34(42)31-20-25-21-32(31)35(43)41(2)17-9-5-4-6-10-18-47-24-13-16-28-27-11-7-8-12-29(27)33(39-48-25)30(28)19-24/h3,6-8,10-13,16,19,23,25-26,31-32H,1,4-5,9,14-15,17-18,20-22H2,2H3,(H,38,42)(H,40,44)/b10-6+,39-33-/t23-,25+,31+,32+,37+/m0/s1. The molecule has 2 N–H and O–H groups in total. The fourth-order valence-corrected chi connectivity index (χ4v) is 8.71. The molecule has 11 nitrogen and oxygen atoms in total. The zero-order valence-corrected chi connectivity index (χ0v) is 28.4. The largest absolute Gasteiger partial charge is 0.490 e. The number of benzene rings is 2. The van der Waals surface area contributed by atoms with Crippen molar-refractivity contribution in [2.45, 2.75) is 68.3 Å². The molecule has 0 radical (unpaired) electrons. The average Bonchev–Trinajstić information content (AvgIpc) is 4.00. The van der Waals surface area contributed by atoms with Crippen molar-refractivity contribution in [3.63, 3.8) is 0 Å². The molecule has 12 heteroatoms. The lowest BCUT2D eigenvalue weighted by molar-refractivity contribution is -0.140. The number of fused-ring (bicyclic) bond motifs is 6. The number of hydrogen-bond donors (Lipinski definition) is 2. The normalized spacial score (nSPS) is 29.8. The molecular weight excluding hydrogens is 644 g/mol. The van der Waals surface area contributed by atoms with Gasteiger partial charge in [0.2, 0.25) is 21.8 Å². The maximum Gasteiger partial charge on any atom is 0.259 e. The number of rotatable bonds is 6. The maximum atomic E-state index is 14.1. The van der Waals surface area contributed by atoms with E-state index in [4.69, 9.17) is 9.57 Å². The molecule has 0 spiro atoms. The van der Waals surface area contributed by atoms with Crippen molar-refractivity contribution in [2.75, 3.05) is 20.2 Å². The van der Waals surface area contributed by atoms with Gasteiger partial charge in [0.05, 0.1) is 17.1 Å². The van der Waals surface area contributed by atoms with E-state index in [-0.39, 0.29) is 25.2 Å². The second-order valence-electron chi connectivity index (χ2n) is 13.8. The van der Waals surface area contributed by atoms with E-state index in [1.54, 1.807) is 18.0 Å². The van der Waals surface area contributed by atoms with Crippen LogP contribution < -0.4 is 14.8 Å². The summed E-state index contributed by atoms with van der Waals surface area (Å²) in [5.74, 6) is -2.66. The highest BCUT2D eigenvalue weighted by molar-refractivity contribution is 7.91.